The minimum Gasteiger partial charge on any atom is -0.314 e. The summed E-state index contributed by atoms with van der Waals surface area (Å²) in [5, 5.41) is 1.06. The van der Waals surface area contributed by atoms with Gasteiger partial charge in [0.05, 0.1) is 33.3 Å². The van der Waals surface area contributed by atoms with Gasteiger partial charge in [-0.1, -0.05) is 54.9 Å². The minimum atomic E-state index is -3.13. The summed E-state index contributed by atoms with van der Waals surface area (Å²) in [4.78, 5) is 18.7. The van der Waals surface area contributed by atoms with Crippen LogP contribution in [0.4, 0.5) is 5.69 Å². The number of carbonyl (C=O) groups excluding carboxylic acids is 1. The van der Waals surface area contributed by atoms with E-state index in [1.807, 2.05) is 13.8 Å². The number of rotatable bonds is 4. The highest BCUT2D eigenvalue weighted by Gasteiger charge is 2.50. The largest absolute Gasteiger partial charge is 0.314 e. The maximum atomic E-state index is 12.5. The minimum absolute atomic E-state index is 0.0195. The molecule has 1 aromatic rings. The number of fused-ring (bicyclic) bond motifs is 1. The van der Waals surface area contributed by atoms with Crippen LogP contribution in [-0.4, -0.2) is 42.3 Å². The van der Waals surface area contributed by atoms with Crippen LogP contribution in [0, 0.1) is 5.92 Å². The van der Waals surface area contributed by atoms with E-state index in [1.165, 1.54) is 11.8 Å². The molecule has 9 heteroatoms. The first kappa shape index (κ1) is 20.0. The van der Waals surface area contributed by atoms with Gasteiger partial charge in [0.25, 0.3) is 5.91 Å². The van der Waals surface area contributed by atoms with Crippen molar-refractivity contribution in [2.75, 3.05) is 16.4 Å². The number of halogens is 2. The van der Waals surface area contributed by atoms with Crippen molar-refractivity contribution in [2.45, 2.75) is 38.0 Å². The summed E-state index contributed by atoms with van der Waals surface area (Å²) in [5.41, 5.74) is 0.590. The first-order chi connectivity index (χ1) is 12.3. The van der Waals surface area contributed by atoms with Gasteiger partial charge in [0.2, 0.25) is 0 Å². The van der Waals surface area contributed by atoms with Gasteiger partial charge in [-0.25, -0.2) is 8.42 Å². The van der Waals surface area contributed by atoms with Crippen molar-refractivity contribution in [3.63, 3.8) is 0 Å². The van der Waals surface area contributed by atoms with Crippen LogP contribution in [0.2, 0.25) is 10.0 Å². The SMILES string of the molecule is CCC(CC)C(=O)N=C1S[C@@H]2CS(=O)(=O)C[C@@H]2N1c1cccc(Cl)c1Cl. The van der Waals surface area contributed by atoms with Gasteiger partial charge in [-0.2, -0.15) is 4.99 Å². The molecule has 0 radical (unpaired) electrons. The molecule has 2 aliphatic heterocycles. The molecule has 1 aromatic carbocycles. The van der Waals surface area contributed by atoms with Gasteiger partial charge in [-0.15, -0.1) is 0 Å². The van der Waals surface area contributed by atoms with E-state index in [-0.39, 0.29) is 34.6 Å². The Morgan fingerprint density at radius 2 is 2.00 bits per heavy atom. The van der Waals surface area contributed by atoms with E-state index in [9.17, 15) is 13.2 Å². The zero-order chi connectivity index (χ0) is 19.1. The maximum absolute atomic E-state index is 12.5. The normalized spacial score (nSPS) is 25.9. The van der Waals surface area contributed by atoms with E-state index in [2.05, 4.69) is 4.99 Å². The molecule has 142 valence electrons. The predicted octanol–water partition coefficient (Wildman–Crippen LogP) is 4.03. The Hall–Kier alpha value is -0.760. The van der Waals surface area contributed by atoms with Gasteiger partial charge in [-0.3, -0.25) is 4.79 Å². The second-order valence-electron chi connectivity index (χ2n) is 6.49. The molecule has 0 bridgehead atoms. The number of thioether (sulfide) groups is 1. The van der Waals surface area contributed by atoms with Gasteiger partial charge >= 0.3 is 0 Å². The van der Waals surface area contributed by atoms with Gasteiger partial charge in [0.15, 0.2) is 15.0 Å². The molecule has 2 fully saturated rings. The Morgan fingerprint density at radius 3 is 2.65 bits per heavy atom. The van der Waals surface area contributed by atoms with Gasteiger partial charge < -0.3 is 4.90 Å². The summed E-state index contributed by atoms with van der Waals surface area (Å²) in [5.74, 6) is -0.214. The third-order valence-corrected chi connectivity index (χ3v) is 8.82. The van der Waals surface area contributed by atoms with Crippen molar-refractivity contribution < 1.29 is 13.2 Å². The molecule has 2 heterocycles. The van der Waals surface area contributed by atoms with E-state index in [0.717, 1.165) is 12.8 Å². The highest BCUT2D eigenvalue weighted by Crippen LogP contribution is 2.44. The Bertz CT molecular complexity index is 854. The molecule has 0 N–H and O–H groups in total. The average molecular weight is 435 g/mol. The van der Waals surface area contributed by atoms with Crippen molar-refractivity contribution in [3.05, 3.63) is 28.2 Å². The van der Waals surface area contributed by atoms with Crippen molar-refractivity contribution in [1.29, 1.82) is 0 Å². The van der Waals surface area contributed by atoms with Crippen molar-refractivity contribution in [2.24, 2.45) is 10.9 Å². The molecule has 0 aromatic heterocycles. The maximum Gasteiger partial charge on any atom is 0.251 e. The van der Waals surface area contributed by atoms with Crippen LogP contribution >= 0.6 is 35.0 Å². The summed E-state index contributed by atoms with van der Waals surface area (Å²) in [6.07, 6.45) is 1.44. The van der Waals surface area contributed by atoms with E-state index in [1.54, 1.807) is 23.1 Å². The number of sulfone groups is 1. The van der Waals surface area contributed by atoms with Crippen molar-refractivity contribution in [3.8, 4) is 0 Å². The highest BCUT2D eigenvalue weighted by molar-refractivity contribution is 8.16. The van der Waals surface area contributed by atoms with Gasteiger partial charge in [0, 0.05) is 11.2 Å². The molecule has 2 saturated heterocycles. The predicted molar refractivity (Wildman–Crippen MR) is 109 cm³/mol. The van der Waals surface area contributed by atoms with Crippen LogP contribution in [0.1, 0.15) is 26.7 Å². The van der Waals surface area contributed by atoms with Crippen LogP contribution in [0.25, 0.3) is 0 Å². The van der Waals surface area contributed by atoms with Gasteiger partial charge in [0.1, 0.15) is 0 Å². The van der Waals surface area contributed by atoms with Crippen LogP contribution in [0.5, 0.6) is 0 Å². The summed E-state index contributed by atoms with van der Waals surface area (Å²) in [6, 6.07) is 4.91. The lowest BCUT2D eigenvalue weighted by Crippen LogP contribution is -2.38. The monoisotopic (exact) mass is 434 g/mol. The molecule has 0 unspecified atom stereocenters. The fourth-order valence-corrected chi connectivity index (χ4v) is 7.65. The van der Waals surface area contributed by atoms with Gasteiger partial charge in [-0.05, 0) is 25.0 Å². The topological polar surface area (TPSA) is 66.8 Å². The van der Waals surface area contributed by atoms with Crippen LogP contribution in [0.3, 0.4) is 0 Å². The quantitative estimate of drug-likeness (QED) is 0.715. The number of amides is 1. The summed E-state index contributed by atoms with van der Waals surface area (Å²) in [6.45, 7) is 3.92. The average Bonchev–Trinajstić information content (AvgIpc) is 3.02. The van der Waals surface area contributed by atoms with Crippen molar-refractivity contribution >= 4 is 61.6 Å². The molecule has 3 rings (SSSR count). The summed E-state index contributed by atoms with van der Waals surface area (Å²) in [7, 11) is -3.13. The number of carbonyl (C=O) groups is 1. The molecule has 2 atom stereocenters. The first-order valence-electron chi connectivity index (χ1n) is 8.50. The second kappa shape index (κ2) is 7.70. The zero-order valence-corrected chi connectivity index (χ0v) is 17.6. The number of amidine groups is 1. The summed E-state index contributed by atoms with van der Waals surface area (Å²) >= 11 is 13.9. The third kappa shape index (κ3) is 3.77. The Balaban J connectivity index is 2.04. The highest BCUT2D eigenvalue weighted by atomic mass is 35.5. The zero-order valence-electron chi connectivity index (χ0n) is 14.5. The number of hydrogen-bond acceptors (Lipinski definition) is 4. The van der Waals surface area contributed by atoms with E-state index in [4.69, 9.17) is 23.2 Å². The van der Waals surface area contributed by atoms with Crippen LogP contribution in [-0.2, 0) is 14.6 Å². The molecular formula is C17H20Cl2N2O3S2. The number of hydrogen-bond donors (Lipinski definition) is 0. The molecule has 0 saturated carbocycles. The van der Waals surface area contributed by atoms with Crippen LogP contribution < -0.4 is 4.90 Å². The lowest BCUT2D eigenvalue weighted by molar-refractivity contribution is -0.121. The lowest BCUT2D eigenvalue weighted by Gasteiger charge is -2.26. The fraction of sp³-hybridized carbons (Fsp3) is 0.529. The first-order valence-corrected chi connectivity index (χ1v) is 12.0. The third-order valence-electron chi connectivity index (χ3n) is 4.80. The molecule has 26 heavy (non-hydrogen) atoms. The molecule has 2 aliphatic rings. The fourth-order valence-electron chi connectivity index (χ4n) is 3.35. The lowest BCUT2D eigenvalue weighted by atomic mass is 10.0. The van der Waals surface area contributed by atoms with E-state index >= 15 is 0 Å². The Labute approximate surface area is 168 Å². The summed E-state index contributed by atoms with van der Waals surface area (Å²) < 4.78 is 24.2. The standard InChI is InChI=1S/C17H20Cl2N2O3S2/c1-3-10(4-2)16(22)20-17-21(12-7-5-6-11(18)15(12)19)13-8-26(23,24)9-14(13)25-17/h5-7,10,13-14H,3-4,8-9H2,1-2H3/t13-,14+/m0/s1. The molecule has 0 aliphatic carbocycles. The smallest absolute Gasteiger partial charge is 0.251 e. The van der Waals surface area contributed by atoms with E-state index < -0.39 is 9.84 Å². The van der Waals surface area contributed by atoms with Crippen LogP contribution in [0.15, 0.2) is 23.2 Å². The molecule has 0 spiro atoms. The molecular weight excluding hydrogens is 415 g/mol. The molecule has 1 amide bonds. The second-order valence-corrected chi connectivity index (χ2v) is 10.6. The molecule has 5 nitrogen and oxygen atoms in total. The number of aliphatic imine (C=N–C) groups is 1. The number of anilines is 1. The van der Waals surface area contributed by atoms with E-state index in [0.29, 0.717) is 20.9 Å². The number of benzene rings is 1. The number of nitrogens with zero attached hydrogens (tertiary/aromatic N) is 2. The van der Waals surface area contributed by atoms with Crippen molar-refractivity contribution in [1.82, 2.24) is 0 Å². The Morgan fingerprint density at radius 1 is 1.31 bits per heavy atom. The Kier molecular flexibility index (Phi) is 5.92.